The van der Waals surface area contributed by atoms with E-state index in [9.17, 15) is 8.78 Å². The highest BCUT2D eigenvalue weighted by atomic mass is 32.1. The Morgan fingerprint density at radius 2 is 2.24 bits per heavy atom. The Hall–Kier alpha value is -1.23. The maximum absolute atomic E-state index is 13.7. The van der Waals surface area contributed by atoms with Crippen LogP contribution in [0.25, 0.3) is 11.3 Å². The molecule has 2 aliphatic carbocycles. The minimum Gasteiger partial charge on any atom is -0.319 e. The standard InChI is InChI=1S/C16H16F2N2S/c1-15(10-4-9-6-16(17,18)12(9)5-10)14-11(2-3-21-14)13-7-19-8-20(13)15/h2-3,7-10,12H,4-6H2,1H3/t9-,10?,12-,15?/m0/s1. The summed E-state index contributed by atoms with van der Waals surface area (Å²) in [7, 11) is 0. The Balaban J connectivity index is 1.61. The lowest BCUT2D eigenvalue weighted by atomic mass is 9.72. The van der Waals surface area contributed by atoms with Crippen molar-refractivity contribution in [1.29, 1.82) is 0 Å². The van der Waals surface area contributed by atoms with E-state index in [0.29, 0.717) is 6.42 Å². The minimum atomic E-state index is -2.43. The summed E-state index contributed by atoms with van der Waals surface area (Å²) in [5.41, 5.74) is 2.19. The molecule has 0 amide bonds. The van der Waals surface area contributed by atoms with Crippen molar-refractivity contribution < 1.29 is 8.78 Å². The zero-order valence-corrected chi connectivity index (χ0v) is 12.5. The van der Waals surface area contributed by atoms with Crippen molar-refractivity contribution in [2.75, 3.05) is 0 Å². The summed E-state index contributed by atoms with van der Waals surface area (Å²) >= 11 is 1.75. The molecule has 0 radical (unpaired) electrons. The van der Waals surface area contributed by atoms with Gasteiger partial charge >= 0.3 is 0 Å². The second-order valence-electron chi connectivity index (χ2n) is 6.96. The van der Waals surface area contributed by atoms with Crippen LogP contribution in [-0.2, 0) is 5.54 Å². The fraction of sp³-hybridized carbons (Fsp3) is 0.562. The Labute approximate surface area is 125 Å². The molecule has 0 aromatic carbocycles. The van der Waals surface area contributed by atoms with Crippen LogP contribution >= 0.6 is 11.3 Å². The molecule has 0 spiro atoms. The first-order valence-electron chi connectivity index (χ1n) is 7.51. The molecule has 2 fully saturated rings. The lowest BCUT2D eigenvalue weighted by Gasteiger charge is -2.39. The van der Waals surface area contributed by atoms with Crippen molar-refractivity contribution >= 4 is 11.3 Å². The summed E-state index contributed by atoms with van der Waals surface area (Å²) in [5.74, 6) is -2.31. The predicted octanol–water partition coefficient (Wildman–Crippen LogP) is 4.37. The van der Waals surface area contributed by atoms with Crippen LogP contribution in [0.2, 0.25) is 0 Å². The Bertz CT molecular complexity index is 692. The van der Waals surface area contributed by atoms with Crippen molar-refractivity contribution in [3.05, 3.63) is 28.8 Å². The van der Waals surface area contributed by atoms with Gasteiger partial charge in [0.15, 0.2) is 0 Å². The molecule has 5 heteroatoms. The highest BCUT2D eigenvalue weighted by Gasteiger charge is 2.63. The van der Waals surface area contributed by atoms with Crippen molar-refractivity contribution in [3.63, 3.8) is 0 Å². The van der Waals surface area contributed by atoms with E-state index in [0.717, 1.165) is 12.1 Å². The number of hydrogen-bond acceptors (Lipinski definition) is 2. The van der Waals surface area contributed by atoms with Crippen LogP contribution < -0.4 is 0 Å². The normalized spacial score (nSPS) is 38.7. The predicted molar refractivity (Wildman–Crippen MR) is 77.6 cm³/mol. The summed E-state index contributed by atoms with van der Waals surface area (Å²) in [4.78, 5) is 5.62. The Kier molecular flexibility index (Phi) is 2.09. The third kappa shape index (κ3) is 1.30. The van der Waals surface area contributed by atoms with E-state index in [4.69, 9.17) is 0 Å². The third-order valence-corrected chi connectivity index (χ3v) is 7.25. The number of rotatable bonds is 1. The highest BCUT2D eigenvalue weighted by Crippen LogP contribution is 2.63. The van der Waals surface area contributed by atoms with Crippen molar-refractivity contribution in [1.82, 2.24) is 9.55 Å². The molecule has 2 saturated carbocycles. The summed E-state index contributed by atoms with van der Waals surface area (Å²) in [6.45, 7) is 2.22. The van der Waals surface area contributed by atoms with Crippen LogP contribution in [0.4, 0.5) is 8.78 Å². The van der Waals surface area contributed by atoms with Crippen LogP contribution in [0, 0.1) is 17.8 Å². The Morgan fingerprint density at radius 3 is 3.00 bits per heavy atom. The average molecular weight is 306 g/mol. The zero-order chi connectivity index (χ0) is 14.4. The van der Waals surface area contributed by atoms with Crippen LogP contribution in [0.15, 0.2) is 24.0 Å². The average Bonchev–Trinajstić information content (AvgIpc) is 3.15. The SMILES string of the molecule is CC1(C2C[C@H]3CC(F)(F)[C@H]3C2)c2sccc2-c2cncn21. The quantitative estimate of drug-likeness (QED) is 0.765. The van der Waals surface area contributed by atoms with Gasteiger partial charge in [0.25, 0.3) is 5.92 Å². The molecule has 5 rings (SSSR count). The molecule has 3 heterocycles. The number of hydrogen-bond donors (Lipinski definition) is 0. The minimum absolute atomic E-state index is 0.0956. The van der Waals surface area contributed by atoms with Gasteiger partial charge < -0.3 is 4.57 Å². The van der Waals surface area contributed by atoms with E-state index in [1.54, 1.807) is 11.3 Å². The maximum atomic E-state index is 13.7. The molecule has 0 bridgehead atoms. The molecule has 1 aliphatic heterocycles. The van der Waals surface area contributed by atoms with E-state index in [-0.39, 0.29) is 23.8 Å². The number of halogens is 2. The van der Waals surface area contributed by atoms with Crippen molar-refractivity contribution in [2.24, 2.45) is 17.8 Å². The molecule has 110 valence electrons. The molecule has 0 N–H and O–H groups in total. The molecule has 0 saturated heterocycles. The summed E-state index contributed by atoms with van der Waals surface area (Å²) < 4.78 is 29.7. The monoisotopic (exact) mass is 306 g/mol. The molecule has 4 atom stereocenters. The molecule has 2 aromatic rings. The van der Waals surface area contributed by atoms with Gasteiger partial charge in [0.05, 0.1) is 23.8 Å². The molecule has 2 unspecified atom stereocenters. The smallest absolute Gasteiger partial charge is 0.251 e. The number of nitrogens with zero attached hydrogens (tertiary/aromatic N) is 2. The molecule has 2 aromatic heterocycles. The van der Waals surface area contributed by atoms with Crippen LogP contribution in [0.1, 0.15) is 31.1 Å². The van der Waals surface area contributed by atoms with Crippen molar-refractivity contribution in [2.45, 2.75) is 37.6 Å². The van der Waals surface area contributed by atoms with Gasteiger partial charge in [0.1, 0.15) is 0 Å². The molecular formula is C16H16F2N2S. The molecular weight excluding hydrogens is 290 g/mol. The molecule has 21 heavy (non-hydrogen) atoms. The third-order valence-electron chi connectivity index (χ3n) is 6.11. The number of fused-ring (bicyclic) bond motifs is 4. The van der Waals surface area contributed by atoms with E-state index >= 15 is 0 Å². The highest BCUT2D eigenvalue weighted by molar-refractivity contribution is 7.10. The second kappa shape index (κ2) is 3.57. The van der Waals surface area contributed by atoms with Crippen LogP contribution in [0.5, 0.6) is 0 Å². The van der Waals surface area contributed by atoms with Gasteiger partial charge in [-0.25, -0.2) is 13.8 Å². The van der Waals surface area contributed by atoms with E-state index in [1.807, 2.05) is 12.5 Å². The number of aromatic nitrogens is 2. The fourth-order valence-corrected chi connectivity index (χ4v) is 6.07. The second-order valence-corrected chi connectivity index (χ2v) is 7.88. The topological polar surface area (TPSA) is 17.8 Å². The van der Waals surface area contributed by atoms with Gasteiger partial charge in [0, 0.05) is 22.8 Å². The van der Waals surface area contributed by atoms with Gasteiger partial charge in [-0.15, -0.1) is 11.3 Å². The lowest BCUT2D eigenvalue weighted by molar-refractivity contribution is -0.160. The summed E-state index contributed by atoms with van der Waals surface area (Å²) in [6, 6.07) is 2.14. The van der Waals surface area contributed by atoms with E-state index in [1.165, 1.54) is 10.4 Å². The lowest BCUT2D eigenvalue weighted by Crippen LogP contribution is -2.44. The van der Waals surface area contributed by atoms with Gasteiger partial charge in [-0.2, -0.15) is 0 Å². The van der Waals surface area contributed by atoms with E-state index in [2.05, 4.69) is 27.9 Å². The number of alkyl halides is 2. The molecule has 3 aliphatic rings. The summed E-state index contributed by atoms with van der Waals surface area (Å²) in [6.07, 6.45) is 5.43. The largest absolute Gasteiger partial charge is 0.319 e. The first kappa shape index (κ1) is 12.3. The number of imidazole rings is 1. The molecule has 2 nitrogen and oxygen atoms in total. The van der Waals surface area contributed by atoms with Crippen LogP contribution in [-0.4, -0.2) is 15.5 Å². The first-order chi connectivity index (χ1) is 10.0. The number of thiophene rings is 1. The maximum Gasteiger partial charge on any atom is 0.251 e. The zero-order valence-electron chi connectivity index (χ0n) is 11.7. The van der Waals surface area contributed by atoms with Gasteiger partial charge in [-0.3, -0.25) is 0 Å². The van der Waals surface area contributed by atoms with Gasteiger partial charge in [-0.1, -0.05) is 0 Å². The van der Waals surface area contributed by atoms with Crippen LogP contribution in [0.3, 0.4) is 0 Å². The Morgan fingerprint density at radius 1 is 1.38 bits per heavy atom. The van der Waals surface area contributed by atoms with Crippen molar-refractivity contribution in [3.8, 4) is 11.3 Å². The van der Waals surface area contributed by atoms with Gasteiger partial charge in [0.2, 0.25) is 0 Å². The fourth-order valence-electron chi connectivity index (χ4n) is 4.93. The first-order valence-corrected chi connectivity index (χ1v) is 8.39. The summed E-state index contributed by atoms with van der Waals surface area (Å²) in [5, 5.41) is 2.11. The van der Waals surface area contributed by atoms with Gasteiger partial charge in [-0.05, 0) is 43.0 Å². The van der Waals surface area contributed by atoms with E-state index < -0.39 is 11.8 Å².